The van der Waals surface area contributed by atoms with Crippen LogP contribution in [0, 0.1) is 41.4 Å². The first kappa shape index (κ1) is 34.1. The SMILES string of the molecule is CCC1CC2CCCC(C1)C21c2ccccc2-c2c(N(c3ccc4c(c3)C3(c5ccccc5-4)C4CC5CC(C4)CC3C5)c3ccc4sc5ccccc5c4c3)cccc21. The summed E-state index contributed by atoms with van der Waals surface area (Å²) in [4.78, 5) is 2.72. The molecule has 1 aromatic heterocycles. The van der Waals surface area contributed by atoms with Gasteiger partial charge < -0.3 is 4.90 Å². The molecule has 6 saturated carbocycles. The molecule has 2 heteroatoms. The van der Waals surface area contributed by atoms with Crippen LogP contribution in [0.15, 0.2) is 127 Å². The van der Waals surface area contributed by atoms with Crippen LogP contribution in [-0.2, 0) is 10.8 Å². The van der Waals surface area contributed by atoms with Crippen LogP contribution >= 0.6 is 11.3 Å². The van der Waals surface area contributed by atoms with Crippen LogP contribution in [0.4, 0.5) is 17.1 Å². The number of hydrogen-bond donors (Lipinski definition) is 0. The summed E-state index contributed by atoms with van der Waals surface area (Å²) in [6.45, 7) is 2.45. The molecule has 2 unspecified atom stereocenters. The van der Waals surface area contributed by atoms with E-state index in [2.05, 4.69) is 139 Å². The summed E-state index contributed by atoms with van der Waals surface area (Å²) in [6.07, 6.45) is 15.3. The Balaban J connectivity index is 1.03. The van der Waals surface area contributed by atoms with Crippen molar-refractivity contribution in [2.45, 2.75) is 88.4 Å². The molecule has 1 heterocycles. The lowest BCUT2D eigenvalue weighted by Gasteiger charge is -2.61. The van der Waals surface area contributed by atoms with Gasteiger partial charge in [-0.15, -0.1) is 11.3 Å². The Labute approximate surface area is 353 Å². The minimum Gasteiger partial charge on any atom is -0.310 e. The fraction of sp³-hybridized carbons (Fsp3) is 0.368. The summed E-state index contributed by atoms with van der Waals surface area (Å²) >= 11 is 1.93. The Morgan fingerprint density at radius 2 is 1.12 bits per heavy atom. The zero-order valence-electron chi connectivity index (χ0n) is 34.3. The molecule has 59 heavy (non-hydrogen) atoms. The van der Waals surface area contributed by atoms with E-state index in [1.54, 1.807) is 22.3 Å². The maximum Gasteiger partial charge on any atom is 0.0543 e. The van der Waals surface area contributed by atoms with E-state index >= 15 is 0 Å². The Morgan fingerprint density at radius 3 is 1.90 bits per heavy atom. The normalized spacial score (nSPS) is 31.5. The predicted octanol–water partition coefficient (Wildman–Crippen LogP) is 15.7. The quantitative estimate of drug-likeness (QED) is 0.172. The summed E-state index contributed by atoms with van der Waals surface area (Å²) in [5.41, 5.74) is 16.7. The van der Waals surface area contributed by atoms with Gasteiger partial charge in [0, 0.05) is 47.9 Å². The van der Waals surface area contributed by atoms with Crippen LogP contribution in [0.1, 0.15) is 99.8 Å². The van der Waals surface area contributed by atoms with E-state index in [0.29, 0.717) is 11.8 Å². The highest BCUT2D eigenvalue weighted by Crippen LogP contribution is 2.71. The highest BCUT2D eigenvalue weighted by molar-refractivity contribution is 7.25. The van der Waals surface area contributed by atoms with E-state index in [-0.39, 0.29) is 10.8 Å². The molecule has 15 rings (SSSR count). The van der Waals surface area contributed by atoms with Gasteiger partial charge in [-0.05, 0) is 181 Å². The number of benzene rings is 6. The van der Waals surface area contributed by atoms with Gasteiger partial charge in [0.1, 0.15) is 0 Å². The minimum atomic E-state index is 0.106. The fourth-order valence-electron chi connectivity index (χ4n) is 16.2. The van der Waals surface area contributed by atoms with Crippen LogP contribution < -0.4 is 4.90 Å². The predicted molar refractivity (Wildman–Crippen MR) is 247 cm³/mol. The van der Waals surface area contributed by atoms with Gasteiger partial charge in [0.15, 0.2) is 0 Å². The third-order valence-corrected chi connectivity index (χ3v) is 19.1. The summed E-state index contributed by atoms with van der Waals surface area (Å²) in [7, 11) is 0. The largest absolute Gasteiger partial charge is 0.310 e. The van der Waals surface area contributed by atoms with Gasteiger partial charge in [-0.25, -0.2) is 0 Å². The van der Waals surface area contributed by atoms with Gasteiger partial charge in [-0.2, -0.15) is 0 Å². The molecule has 292 valence electrons. The molecule has 0 radical (unpaired) electrons. The second kappa shape index (κ2) is 12.2. The van der Waals surface area contributed by atoms with Crippen molar-refractivity contribution < 1.29 is 0 Å². The Kier molecular flexibility index (Phi) is 7.06. The van der Waals surface area contributed by atoms with E-state index in [9.17, 15) is 0 Å². The zero-order valence-corrected chi connectivity index (χ0v) is 35.1. The van der Waals surface area contributed by atoms with Gasteiger partial charge in [0.05, 0.1) is 5.69 Å². The monoisotopic (exact) mass is 783 g/mol. The van der Waals surface area contributed by atoms with Gasteiger partial charge in [0.2, 0.25) is 0 Å². The Bertz CT molecular complexity index is 2830. The average molecular weight is 784 g/mol. The number of hydrogen-bond acceptors (Lipinski definition) is 2. The molecule has 6 fully saturated rings. The third kappa shape index (κ3) is 4.32. The van der Waals surface area contributed by atoms with Crippen molar-refractivity contribution in [1.82, 2.24) is 0 Å². The lowest BCUT2D eigenvalue weighted by molar-refractivity contribution is -0.0399. The van der Waals surface area contributed by atoms with Crippen molar-refractivity contribution >= 4 is 48.6 Å². The number of nitrogens with zero attached hydrogens (tertiary/aromatic N) is 1. The molecule has 0 amide bonds. The molecular formula is C57H53NS. The molecular weight excluding hydrogens is 731 g/mol. The molecule has 6 aromatic carbocycles. The number of fused-ring (bicyclic) bond motifs is 9. The molecule has 0 N–H and O–H groups in total. The van der Waals surface area contributed by atoms with Crippen molar-refractivity contribution in [1.29, 1.82) is 0 Å². The fourth-order valence-corrected chi connectivity index (χ4v) is 17.3. The second-order valence-electron chi connectivity index (χ2n) is 20.2. The van der Waals surface area contributed by atoms with Crippen LogP contribution in [0.2, 0.25) is 0 Å². The topological polar surface area (TPSA) is 3.24 Å². The molecule has 0 saturated heterocycles. The van der Waals surface area contributed by atoms with Crippen molar-refractivity contribution in [3.63, 3.8) is 0 Å². The van der Waals surface area contributed by atoms with Crippen LogP contribution in [0.3, 0.4) is 0 Å². The van der Waals surface area contributed by atoms with Gasteiger partial charge in [-0.1, -0.05) is 105 Å². The van der Waals surface area contributed by atoms with Crippen molar-refractivity contribution in [3.8, 4) is 22.3 Å². The molecule has 2 atom stereocenters. The Morgan fingerprint density at radius 1 is 0.508 bits per heavy atom. The van der Waals surface area contributed by atoms with Crippen LogP contribution in [0.5, 0.6) is 0 Å². The highest BCUT2D eigenvalue weighted by Gasteiger charge is 2.62. The minimum absolute atomic E-state index is 0.106. The Hall–Kier alpha value is -4.66. The molecule has 1 nitrogen and oxygen atoms in total. The van der Waals surface area contributed by atoms with E-state index in [1.165, 1.54) is 130 Å². The smallest absolute Gasteiger partial charge is 0.0543 e. The van der Waals surface area contributed by atoms with E-state index < -0.39 is 0 Å². The highest BCUT2D eigenvalue weighted by atomic mass is 32.1. The first-order valence-electron chi connectivity index (χ1n) is 23.3. The van der Waals surface area contributed by atoms with Gasteiger partial charge >= 0.3 is 0 Å². The average Bonchev–Trinajstić information content (AvgIpc) is 3.88. The maximum atomic E-state index is 2.73. The van der Waals surface area contributed by atoms with Crippen LogP contribution in [-0.4, -0.2) is 0 Å². The molecule has 7 aromatic rings. The molecule has 8 aliphatic rings. The summed E-state index contributed by atoms with van der Waals surface area (Å²) in [5, 5.41) is 2.74. The number of anilines is 3. The standard InChI is InChI=1S/C57H53NS/c1-2-34-26-37-11-9-12-38(27-34)56(37)49-17-7-4-15-46(49)55-50(56)18-10-19-52(55)58(41-22-24-54-47(32-41)45-14-5-8-20-53(45)59-54)42-21-23-44-43-13-3-6-16-48(43)57(51(44)33-42)39-28-35-25-36(30-39)31-40(57)29-35/h3-8,10,13-24,32-40H,2,9,11-12,25-31H2,1H3. The summed E-state index contributed by atoms with van der Waals surface area (Å²) in [6, 6.07) is 51.0. The zero-order chi connectivity index (χ0) is 38.6. The van der Waals surface area contributed by atoms with Crippen molar-refractivity contribution in [3.05, 3.63) is 150 Å². The summed E-state index contributed by atoms with van der Waals surface area (Å²) in [5.74, 6) is 5.60. The molecule has 0 aliphatic heterocycles. The van der Waals surface area contributed by atoms with Crippen molar-refractivity contribution in [2.75, 3.05) is 4.90 Å². The third-order valence-electron chi connectivity index (χ3n) is 18.0. The maximum absolute atomic E-state index is 2.73. The number of rotatable bonds is 4. The first-order valence-corrected chi connectivity index (χ1v) is 24.1. The van der Waals surface area contributed by atoms with Crippen molar-refractivity contribution in [2.24, 2.45) is 41.4 Å². The van der Waals surface area contributed by atoms with Gasteiger partial charge in [0.25, 0.3) is 0 Å². The first-order chi connectivity index (χ1) is 29.1. The lowest BCUT2D eigenvalue weighted by atomic mass is 9.43. The van der Waals surface area contributed by atoms with Crippen LogP contribution in [0.25, 0.3) is 42.4 Å². The summed E-state index contributed by atoms with van der Waals surface area (Å²) < 4.78 is 2.74. The van der Waals surface area contributed by atoms with E-state index in [4.69, 9.17) is 0 Å². The molecule has 2 spiro atoms. The number of thiophene rings is 1. The second-order valence-corrected chi connectivity index (χ2v) is 21.3. The molecule has 8 aliphatic carbocycles. The molecule has 6 bridgehead atoms. The lowest BCUT2D eigenvalue weighted by Crippen LogP contribution is -2.55. The van der Waals surface area contributed by atoms with Gasteiger partial charge in [-0.3, -0.25) is 0 Å². The van der Waals surface area contributed by atoms with E-state index in [0.717, 1.165) is 29.6 Å². The van der Waals surface area contributed by atoms with E-state index in [1.807, 2.05) is 11.3 Å².